The summed E-state index contributed by atoms with van der Waals surface area (Å²) in [5.74, 6) is -0.318. The Labute approximate surface area is 111 Å². The molecule has 0 aromatic heterocycles. The topological polar surface area (TPSA) is 78.3 Å². The molecule has 0 aliphatic carbocycles. The van der Waals surface area contributed by atoms with Crippen LogP contribution in [-0.4, -0.2) is 55.8 Å². The van der Waals surface area contributed by atoms with Crippen LogP contribution in [0.25, 0.3) is 0 Å². The number of nitrogens with two attached hydrogens (primary N) is 2. The second-order valence-electron chi connectivity index (χ2n) is 6.45. The van der Waals surface area contributed by atoms with Crippen LogP contribution in [0.1, 0.15) is 33.6 Å². The summed E-state index contributed by atoms with van der Waals surface area (Å²) in [7, 11) is 4.24. The van der Waals surface area contributed by atoms with Crippen molar-refractivity contribution in [2.45, 2.75) is 45.3 Å². The van der Waals surface area contributed by atoms with E-state index in [9.17, 15) is 4.79 Å². The average molecular weight is 260 g/mol. The molecule has 0 spiro atoms. The molecule has 0 radical (unpaired) electrons. The van der Waals surface area contributed by atoms with E-state index in [2.05, 4.69) is 14.1 Å². The number of quaternary nitrogens is 1. The zero-order valence-electron chi connectivity index (χ0n) is 12.5. The number of ether oxygens (including phenoxy) is 1. The highest BCUT2D eigenvalue weighted by Gasteiger charge is 2.24. The molecular weight excluding hydrogens is 230 g/mol. The maximum Gasteiger partial charge on any atom is 0.323 e. The maximum absolute atomic E-state index is 11.7. The first-order chi connectivity index (χ1) is 8.07. The number of hydrogen-bond donors (Lipinski definition) is 2. The molecule has 5 nitrogen and oxygen atoms in total. The van der Waals surface area contributed by atoms with Gasteiger partial charge in [0.05, 0.1) is 27.2 Å². The lowest BCUT2D eigenvalue weighted by Gasteiger charge is -2.31. The predicted octanol–water partition coefficient (Wildman–Crippen LogP) is 0.471. The van der Waals surface area contributed by atoms with Gasteiger partial charge in [-0.2, -0.15) is 0 Å². The fraction of sp³-hybridized carbons (Fsp3) is 0.923. The molecule has 0 aromatic carbocycles. The van der Waals surface area contributed by atoms with Gasteiger partial charge in [0.2, 0.25) is 0 Å². The Morgan fingerprint density at radius 2 is 1.83 bits per heavy atom. The van der Waals surface area contributed by atoms with E-state index in [1.54, 1.807) is 0 Å². The molecule has 4 N–H and O–H groups in total. The van der Waals surface area contributed by atoms with Gasteiger partial charge in [-0.25, -0.2) is 0 Å². The van der Waals surface area contributed by atoms with Crippen molar-refractivity contribution in [3.8, 4) is 0 Å². The van der Waals surface area contributed by atoms with E-state index in [0.29, 0.717) is 13.0 Å². The summed E-state index contributed by atoms with van der Waals surface area (Å²) in [6, 6.07) is -0.542. The fourth-order valence-electron chi connectivity index (χ4n) is 1.62. The third-order valence-corrected chi connectivity index (χ3v) is 2.72. The molecule has 0 heterocycles. The summed E-state index contributed by atoms with van der Waals surface area (Å²) < 4.78 is 6.08. The number of hydrogen-bond acceptors (Lipinski definition) is 4. The third-order valence-electron chi connectivity index (χ3n) is 2.72. The van der Waals surface area contributed by atoms with Gasteiger partial charge < -0.3 is 20.7 Å². The maximum atomic E-state index is 11.7. The van der Waals surface area contributed by atoms with Crippen molar-refractivity contribution < 1.29 is 14.0 Å². The van der Waals surface area contributed by atoms with Crippen LogP contribution < -0.4 is 11.5 Å². The Hall–Kier alpha value is -0.650. The van der Waals surface area contributed by atoms with Crippen LogP contribution in [0.3, 0.4) is 0 Å². The summed E-state index contributed by atoms with van der Waals surface area (Å²) in [6.07, 6.45) is 1.61. The monoisotopic (exact) mass is 260 g/mol. The van der Waals surface area contributed by atoms with Crippen LogP contribution in [-0.2, 0) is 9.53 Å². The number of carbonyl (C=O) groups excluding carboxylic acids is 1. The highest BCUT2D eigenvalue weighted by Crippen LogP contribution is 2.10. The number of nitrogens with zero attached hydrogens (tertiary/aromatic N) is 1. The van der Waals surface area contributed by atoms with Gasteiger partial charge in [-0.05, 0) is 27.3 Å². The number of rotatable bonds is 7. The van der Waals surface area contributed by atoms with Gasteiger partial charge in [-0.1, -0.05) is 0 Å². The first kappa shape index (κ1) is 17.4. The normalized spacial score (nSPS) is 14.4. The van der Waals surface area contributed by atoms with Crippen LogP contribution in [0.15, 0.2) is 0 Å². The van der Waals surface area contributed by atoms with E-state index < -0.39 is 11.6 Å². The SMILES string of the molecule is CC(C)(C)OC(=O)C(N)CC[N+](C)(C)CCCN. The number of carbonyl (C=O) groups is 1. The van der Waals surface area contributed by atoms with Crippen LogP contribution in [0.5, 0.6) is 0 Å². The molecule has 0 rings (SSSR count). The first-order valence-corrected chi connectivity index (χ1v) is 6.58. The van der Waals surface area contributed by atoms with Crippen LogP contribution >= 0.6 is 0 Å². The fourth-order valence-corrected chi connectivity index (χ4v) is 1.62. The molecule has 0 bridgehead atoms. The molecule has 0 aliphatic rings. The summed E-state index contributed by atoms with van der Waals surface area (Å²) in [4.78, 5) is 11.7. The Kier molecular flexibility index (Phi) is 6.81. The summed E-state index contributed by atoms with van der Waals surface area (Å²) >= 11 is 0. The summed E-state index contributed by atoms with van der Waals surface area (Å²) in [6.45, 7) is 8.08. The molecule has 0 fully saturated rings. The molecule has 0 aliphatic heterocycles. The Morgan fingerprint density at radius 3 is 2.28 bits per heavy atom. The third kappa shape index (κ3) is 8.44. The summed E-state index contributed by atoms with van der Waals surface area (Å²) in [5, 5.41) is 0. The van der Waals surface area contributed by atoms with Gasteiger partial charge in [-0.15, -0.1) is 0 Å². The smallest absolute Gasteiger partial charge is 0.323 e. The van der Waals surface area contributed by atoms with Crippen molar-refractivity contribution >= 4 is 5.97 Å². The van der Waals surface area contributed by atoms with Gasteiger partial charge in [0.1, 0.15) is 11.6 Å². The standard InChI is InChI=1S/C13H30N3O2/c1-13(2,3)18-12(17)11(15)7-10-16(4,5)9-6-8-14/h11H,6-10,14-15H2,1-5H3/q+1. The van der Waals surface area contributed by atoms with Crippen molar-refractivity contribution in [1.82, 2.24) is 0 Å². The lowest BCUT2D eigenvalue weighted by atomic mass is 10.1. The minimum atomic E-state index is -0.542. The van der Waals surface area contributed by atoms with Gasteiger partial charge in [0.15, 0.2) is 0 Å². The average Bonchev–Trinajstić information content (AvgIpc) is 2.21. The quantitative estimate of drug-likeness (QED) is 0.515. The van der Waals surface area contributed by atoms with E-state index in [0.717, 1.165) is 24.0 Å². The van der Waals surface area contributed by atoms with Gasteiger partial charge in [0.25, 0.3) is 0 Å². The van der Waals surface area contributed by atoms with E-state index in [4.69, 9.17) is 16.2 Å². The van der Waals surface area contributed by atoms with E-state index in [-0.39, 0.29) is 5.97 Å². The molecule has 108 valence electrons. The Bertz CT molecular complexity index is 259. The zero-order chi connectivity index (χ0) is 14.4. The molecule has 0 saturated carbocycles. The highest BCUT2D eigenvalue weighted by molar-refractivity contribution is 5.75. The lowest BCUT2D eigenvalue weighted by Crippen LogP contribution is -2.46. The molecule has 0 aromatic rings. The predicted molar refractivity (Wildman–Crippen MR) is 74.0 cm³/mol. The van der Waals surface area contributed by atoms with E-state index in [1.807, 2.05) is 20.8 Å². The molecule has 18 heavy (non-hydrogen) atoms. The van der Waals surface area contributed by atoms with Crippen LogP contribution in [0.2, 0.25) is 0 Å². The minimum absolute atomic E-state index is 0.318. The van der Waals surface area contributed by atoms with E-state index >= 15 is 0 Å². The van der Waals surface area contributed by atoms with Crippen molar-refractivity contribution in [3.63, 3.8) is 0 Å². The number of esters is 1. The zero-order valence-corrected chi connectivity index (χ0v) is 12.5. The van der Waals surface area contributed by atoms with Crippen molar-refractivity contribution in [2.24, 2.45) is 11.5 Å². The van der Waals surface area contributed by atoms with Gasteiger partial charge in [0, 0.05) is 12.8 Å². The molecule has 0 saturated heterocycles. The second kappa shape index (κ2) is 7.07. The second-order valence-corrected chi connectivity index (χ2v) is 6.45. The largest absolute Gasteiger partial charge is 0.459 e. The van der Waals surface area contributed by atoms with Crippen molar-refractivity contribution in [1.29, 1.82) is 0 Å². The van der Waals surface area contributed by atoms with Crippen molar-refractivity contribution in [2.75, 3.05) is 33.7 Å². The first-order valence-electron chi connectivity index (χ1n) is 6.58. The van der Waals surface area contributed by atoms with Gasteiger partial charge >= 0.3 is 5.97 Å². The lowest BCUT2D eigenvalue weighted by molar-refractivity contribution is -0.890. The summed E-state index contributed by atoms with van der Waals surface area (Å²) in [5.41, 5.74) is 10.9. The molecule has 1 unspecified atom stereocenters. The molecule has 0 amide bonds. The minimum Gasteiger partial charge on any atom is -0.459 e. The van der Waals surface area contributed by atoms with E-state index in [1.165, 1.54) is 0 Å². The molecular formula is C13H30N3O2+. The van der Waals surface area contributed by atoms with Gasteiger partial charge in [-0.3, -0.25) is 4.79 Å². The van der Waals surface area contributed by atoms with Crippen LogP contribution in [0, 0.1) is 0 Å². The van der Waals surface area contributed by atoms with Crippen molar-refractivity contribution in [3.05, 3.63) is 0 Å². The highest BCUT2D eigenvalue weighted by atomic mass is 16.6. The Morgan fingerprint density at radius 1 is 1.28 bits per heavy atom. The Balaban J connectivity index is 4.09. The molecule has 5 heteroatoms. The van der Waals surface area contributed by atoms with Crippen LogP contribution in [0.4, 0.5) is 0 Å². The molecule has 1 atom stereocenters.